The third kappa shape index (κ3) is 2.95. The molecule has 1 N–H and O–H groups in total. The minimum absolute atomic E-state index is 0.0896. The molecule has 1 aliphatic carbocycles. The first kappa shape index (κ1) is 16.0. The first-order valence-corrected chi connectivity index (χ1v) is 8.84. The number of carbonyl (C=O) groups excluding carboxylic acids is 2. The van der Waals surface area contributed by atoms with E-state index in [2.05, 4.69) is 31.3 Å². The third-order valence-electron chi connectivity index (χ3n) is 4.33. The molecule has 0 unspecified atom stereocenters. The second kappa shape index (κ2) is 6.40. The fraction of sp³-hybridized carbons (Fsp3) is 0.222. The summed E-state index contributed by atoms with van der Waals surface area (Å²) in [5.41, 5.74) is 3.35. The van der Waals surface area contributed by atoms with Crippen molar-refractivity contribution in [3.05, 3.63) is 63.5 Å². The summed E-state index contributed by atoms with van der Waals surface area (Å²) in [5.74, 6) is -0.142. The molecule has 0 fully saturated rings. The van der Waals surface area contributed by atoms with E-state index in [1.165, 1.54) is 6.20 Å². The Morgan fingerprint density at radius 1 is 1.28 bits per heavy atom. The molecule has 1 aliphatic rings. The second-order valence-electron chi connectivity index (χ2n) is 6.00. The zero-order chi connectivity index (χ0) is 17.4. The highest BCUT2D eigenvalue weighted by molar-refractivity contribution is 9.10. The van der Waals surface area contributed by atoms with Gasteiger partial charge in [-0.1, -0.05) is 28.1 Å². The standard InChI is InChI=1S/C18H15BrN4O2/c19-12-4-1-3-11(7-12)8-21-18(25)14-10-22-23-15-5-2-6-16(24)13(15)9-20-17(14)23/h1,3-4,7,9-10H,2,5-6,8H2,(H,21,25). The van der Waals surface area contributed by atoms with Crippen molar-refractivity contribution in [1.82, 2.24) is 19.9 Å². The maximum Gasteiger partial charge on any atom is 0.257 e. The van der Waals surface area contributed by atoms with Crippen LogP contribution in [0.5, 0.6) is 0 Å². The summed E-state index contributed by atoms with van der Waals surface area (Å²) in [7, 11) is 0. The smallest absolute Gasteiger partial charge is 0.257 e. The number of aromatic nitrogens is 3. The lowest BCUT2D eigenvalue weighted by molar-refractivity contribution is 0.0950. The fourth-order valence-corrected chi connectivity index (χ4v) is 3.53. The van der Waals surface area contributed by atoms with Crippen LogP contribution in [-0.2, 0) is 13.0 Å². The van der Waals surface area contributed by atoms with E-state index >= 15 is 0 Å². The summed E-state index contributed by atoms with van der Waals surface area (Å²) in [6.07, 6.45) is 5.19. The number of hydrogen-bond donors (Lipinski definition) is 1. The summed E-state index contributed by atoms with van der Waals surface area (Å²) in [6, 6.07) is 7.76. The van der Waals surface area contributed by atoms with E-state index < -0.39 is 0 Å². The Morgan fingerprint density at radius 3 is 3.00 bits per heavy atom. The lowest BCUT2D eigenvalue weighted by Crippen LogP contribution is -2.23. The number of benzene rings is 1. The molecular formula is C18H15BrN4O2. The van der Waals surface area contributed by atoms with Gasteiger partial charge in [0.05, 0.1) is 17.5 Å². The molecular weight excluding hydrogens is 384 g/mol. The van der Waals surface area contributed by atoms with E-state index in [1.54, 1.807) is 10.7 Å². The van der Waals surface area contributed by atoms with E-state index in [0.29, 0.717) is 29.7 Å². The Hall–Kier alpha value is -2.54. The van der Waals surface area contributed by atoms with Crippen LogP contribution in [0, 0.1) is 0 Å². The molecule has 25 heavy (non-hydrogen) atoms. The molecule has 126 valence electrons. The van der Waals surface area contributed by atoms with E-state index in [-0.39, 0.29) is 11.7 Å². The highest BCUT2D eigenvalue weighted by atomic mass is 79.9. The molecule has 2 heterocycles. The van der Waals surface area contributed by atoms with Crippen molar-refractivity contribution in [2.24, 2.45) is 0 Å². The van der Waals surface area contributed by atoms with Crippen LogP contribution in [0.4, 0.5) is 0 Å². The molecule has 0 spiro atoms. The number of ketones is 1. The zero-order valence-electron chi connectivity index (χ0n) is 13.3. The number of nitrogens with zero attached hydrogens (tertiary/aromatic N) is 3. The van der Waals surface area contributed by atoms with Crippen LogP contribution >= 0.6 is 15.9 Å². The van der Waals surface area contributed by atoms with E-state index in [0.717, 1.165) is 28.6 Å². The zero-order valence-corrected chi connectivity index (χ0v) is 14.9. The van der Waals surface area contributed by atoms with Crippen LogP contribution in [0.25, 0.3) is 5.65 Å². The number of hydrogen-bond acceptors (Lipinski definition) is 4. The van der Waals surface area contributed by atoms with E-state index in [1.807, 2.05) is 24.3 Å². The highest BCUT2D eigenvalue weighted by Gasteiger charge is 2.23. The average Bonchev–Trinajstić information content (AvgIpc) is 3.05. The van der Waals surface area contributed by atoms with Crippen molar-refractivity contribution >= 4 is 33.3 Å². The summed E-state index contributed by atoms with van der Waals surface area (Å²) >= 11 is 3.42. The minimum Gasteiger partial charge on any atom is -0.348 e. The largest absolute Gasteiger partial charge is 0.348 e. The van der Waals surface area contributed by atoms with Crippen LogP contribution < -0.4 is 5.32 Å². The Kier molecular flexibility index (Phi) is 4.09. The van der Waals surface area contributed by atoms with Gasteiger partial charge < -0.3 is 5.32 Å². The number of halogens is 1. The molecule has 3 aromatic rings. The molecule has 1 amide bonds. The summed E-state index contributed by atoms with van der Waals surface area (Å²) in [4.78, 5) is 28.8. The topological polar surface area (TPSA) is 76.4 Å². The Bertz CT molecular complexity index is 996. The van der Waals surface area contributed by atoms with Gasteiger partial charge in [-0.2, -0.15) is 5.10 Å². The number of aryl methyl sites for hydroxylation is 1. The van der Waals surface area contributed by atoms with Crippen molar-refractivity contribution in [3.8, 4) is 0 Å². The number of nitrogens with one attached hydrogen (secondary N) is 1. The molecule has 0 saturated carbocycles. The van der Waals surface area contributed by atoms with Crippen molar-refractivity contribution in [2.75, 3.05) is 0 Å². The quantitative estimate of drug-likeness (QED) is 0.735. The summed E-state index contributed by atoms with van der Waals surface area (Å²) in [6.45, 7) is 0.416. The molecule has 2 aromatic heterocycles. The summed E-state index contributed by atoms with van der Waals surface area (Å²) < 4.78 is 2.59. The summed E-state index contributed by atoms with van der Waals surface area (Å²) in [5, 5.41) is 7.18. The van der Waals surface area contributed by atoms with E-state index in [4.69, 9.17) is 0 Å². The molecule has 1 aromatic carbocycles. The van der Waals surface area contributed by atoms with Crippen LogP contribution in [0.1, 0.15) is 44.8 Å². The highest BCUT2D eigenvalue weighted by Crippen LogP contribution is 2.22. The lowest BCUT2D eigenvalue weighted by atomic mass is 9.96. The van der Waals surface area contributed by atoms with Crippen LogP contribution in [0.2, 0.25) is 0 Å². The molecule has 4 rings (SSSR count). The number of carbonyl (C=O) groups is 2. The monoisotopic (exact) mass is 398 g/mol. The maximum atomic E-state index is 12.5. The number of amides is 1. The number of fused-ring (bicyclic) bond motifs is 3. The average molecular weight is 399 g/mol. The van der Waals surface area contributed by atoms with Crippen molar-refractivity contribution in [3.63, 3.8) is 0 Å². The van der Waals surface area contributed by atoms with Gasteiger partial charge in [-0.25, -0.2) is 9.50 Å². The SMILES string of the molecule is O=C1CCCc2c1cnc1c(C(=O)NCc3cccc(Br)c3)cnn21. The van der Waals surface area contributed by atoms with Gasteiger partial charge in [0.1, 0.15) is 5.56 Å². The van der Waals surface area contributed by atoms with Gasteiger partial charge in [0.15, 0.2) is 11.4 Å². The predicted molar refractivity (Wildman–Crippen MR) is 95.6 cm³/mol. The minimum atomic E-state index is -0.232. The third-order valence-corrected chi connectivity index (χ3v) is 4.82. The Balaban J connectivity index is 1.61. The first-order valence-electron chi connectivity index (χ1n) is 8.05. The van der Waals surface area contributed by atoms with Crippen LogP contribution in [-0.4, -0.2) is 26.3 Å². The van der Waals surface area contributed by atoms with Gasteiger partial charge in [-0.15, -0.1) is 0 Å². The van der Waals surface area contributed by atoms with Crippen molar-refractivity contribution in [1.29, 1.82) is 0 Å². The molecule has 0 bridgehead atoms. The number of Topliss-reactive ketones (excluding diaryl/α,β-unsaturated/α-hetero) is 1. The molecule has 0 saturated heterocycles. The fourth-order valence-electron chi connectivity index (χ4n) is 3.09. The molecule has 7 heteroatoms. The normalized spacial score (nSPS) is 13.7. The molecule has 0 atom stereocenters. The molecule has 6 nitrogen and oxygen atoms in total. The number of rotatable bonds is 3. The van der Waals surface area contributed by atoms with Gasteiger partial charge >= 0.3 is 0 Å². The van der Waals surface area contributed by atoms with Crippen molar-refractivity contribution < 1.29 is 9.59 Å². The lowest BCUT2D eigenvalue weighted by Gasteiger charge is -2.14. The maximum absolute atomic E-state index is 12.5. The van der Waals surface area contributed by atoms with Crippen molar-refractivity contribution in [2.45, 2.75) is 25.8 Å². The van der Waals surface area contributed by atoms with Crippen LogP contribution in [0.3, 0.4) is 0 Å². The first-order chi connectivity index (χ1) is 12.1. The van der Waals surface area contributed by atoms with Gasteiger partial charge in [0, 0.05) is 23.6 Å². The van der Waals surface area contributed by atoms with Gasteiger partial charge in [-0.3, -0.25) is 9.59 Å². The Morgan fingerprint density at radius 2 is 2.16 bits per heavy atom. The van der Waals surface area contributed by atoms with Gasteiger partial charge in [0.25, 0.3) is 5.91 Å². The van der Waals surface area contributed by atoms with Crippen LogP contribution in [0.15, 0.2) is 41.1 Å². The second-order valence-corrected chi connectivity index (χ2v) is 6.92. The predicted octanol–water partition coefficient (Wildman–Crippen LogP) is 2.94. The molecule has 0 aliphatic heterocycles. The van der Waals surface area contributed by atoms with E-state index in [9.17, 15) is 9.59 Å². The molecule has 0 radical (unpaired) electrons. The Labute approximate surface area is 152 Å². The van der Waals surface area contributed by atoms with Gasteiger partial charge in [-0.05, 0) is 30.5 Å². The van der Waals surface area contributed by atoms with Gasteiger partial charge in [0.2, 0.25) is 0 Å².